The summed E-state index contributed by atoms with van der Waals surface area (Å²) in [5.41, 5.74) is 0.614. The van der Waals surface area contributed by atoms with Crippen LogP contribution in [-0.4, -0.2) is 52.9 Å². The Morgan fingerprint density at radius 1 is 1.00 bits per heavy atom. The van der Waals surface area contributed by atoms with Crippen LogP contribution in [0.1, 0.15) is 71.2 Å². The minimum Gasteiger partial charge on any atom is -0.481 e. The van der Waals surface area contributed by atoms with Gasteiger partial charge >= 0.3 is 5.97 Å². The molecule has 2 aromatic carbocycles. The Hall–Kier alpha value is -2.13. The van der Waals surface area contributed by atoms with Crippen molar-refractivity contribution in [2.45, 2.75) is 77.0 Å². The summed E-state index contributed by atoms with van der Waals surface area (Å²) < 4.78 is 32.2. The van der Waals surface area contributed by atoms with Crippen LogP contribution in [0.25, 0.3) is 0 Å². The van der Waals surface area contributed by atoms with Crippen LogP contribution in [-0.2, 0) is 24.2 Å². The number of amides is 1. The van der Waals surface area contributed by atoms with Gasteiger partial charge in [-0.15, -0.1) is 0 Å². The van der Waals surface area contributed by atoms with Gasteiger partial charge in [0, 0.05) is 10.0 Å². The monoisotopic (exact) mass is 583 g/mol. The molecule has 4 atom stereocenters. The van der Waals surface area contributed by atoms with Gasteiger partial charge in [-0.25, -0.2) is 8.42 Å². The Kier molecular flexibility index (Phi) is 8.93. The molecule has 7 nitrogen and oxygen atoms in total. The van der Waals surface area contributed by atoms with E-state index in [4.69, 9.17) is 27.9 Å². The summed E-state index contributed by atoms with van der Waals surface area (Å²) in [5.74, 6) is -2.08. The lowest BCUT2D eigenvalue weighted by atomic mass is 9.82. The maximum Gasteiger partial charge on any atom is 0.306 e. The highest BCUT2D eigenvalue weighted by atomic mass is 35.5. The van der Waals surface area contributed by atoms with Gasteiger partial charge in [-0.1, -0.05) is 68.2 Å². The molecule has 0 aromatic heterocycles. The molecule has 0 saturated carbocycles. The van der Waals surface area contributed by atoms with Crippen LogP contribution in [0.15, 0.2) is 48.5 Å². The smallest absolute Gasteiger partial charge is 0.306 e. The second kappa shape index (κ2) is 11.2. The quantitative estimate of drug-likeness (QED) is 0.422. The van der Waals surface area contributed by atoms with E-state index in [1.54, 1.807) is 69.3 Å². The molecule has 208 valence electrons. The van der Waals surface area contributed by atoms with E-state index in [-0.39, 0.29) is 5.75 Å². The molecule has 1 amide bonds. The summed E-state index contributed by atoms with van der Waals surface area (Å²) in [5, 5.41) is 10.5. The molecule has 1 N–H and O–H groups in total. The third-order valence-electron chi connectivity index (χ3n) is 6.82. The highest BCUT2D eigenvalue weighted by Gasteiger charge is 2.51. The Morgan fingerprint density at radius 2 is 1.61 bits per heavy atom. The van der Waals surface area contributed by atoms with Crippen molar-refractivity contribution < 1.29 is 27.9 Å². The van der Waals surface area contributed by atoms with Crippen molar-refractivity contribution in [1.82, 2.24) is 4.90 Å². The van der Waals surface area contributed by atoms with Gasteiger partial charge in [-0.3, -0.25) is 9.59 Å². The molecule has 1 saturated heterocycles. The van der Waals surface area contributed by atoms with Crippen LogP contribution in [0, 0.1) is 5.41 Å². The number of carboxylic acid groups (broad SMARTS) is 1. The first kappa shape index (κ1) is 30.4. The summed E-state index contributed by atoms with van der Waals surface area (Å²) in [4.78, 5) is 27.4. The average molecular weight is 585 g/mol. The van der Waals surface area contributed by atoms with E-state index < -0.39 is 62.6 Å². The molecule has 38 heavy (non-hydrogen) atoms. The third-order valence-corrected chi connectivity index (χ3v) is 9.93. The van der Waals surface area contributed by atoms with Crippen molar-refractivity contribution in [2.75, 3.05) is 5.75 Å². The van der Waals surface area contributed by atoms with E-state index >= 15 is 0 Å². The number of hydrogen-bond acceptors (Lipinski definition) is 5. The first-order valence-electron chi connectivity index (χ1n) is 12.3. The molecule has 2 aromatic rings. The predicted octanol–water partition coefficient (Wildman–Crippen LogP) is 6.11. The number of sulfone groups is 1. The Labute approximate surface area is 235 Å². The fourth-order valence-corrected chi connectivity index (χ4v) is 6.45. The molecule has 1 heterocycles. The highest BCUT2D eigenvalue weighted by molar-refractivity contribution is 7.92. The normalized spacial score (nSPS) is 21.8. The number of hydrogen-bond donors (Lipinski definition) is 1. The molecule has 0 bridgehead atoms. The second-order valence-corrected chi connectivity index (χ2v) is 15.4. The number of rotatable bonds is 7. The number of ether oxygens (including phenoxy) is 1. The minimum absolute atomic E-state index is 0.308. The van der Waals surface area contributed by atoms with Gasteiger partial charge in [0.25, 0.3) is 5.91 Å². The van der Waals surface area contributed by atoms with Crippen LogP contribution >= 0.6 is 23.2 Å². The van der Waals surface area contributed by atoms with Crippen LogP contribution in [0.5, 0.6) is 0 Å². The van der Waals surface area contributed by atoms with Gasteiger partial charge in [0.15, 0.2) is 9.84 Å². The van der Waals surface area contributed by atoms with E-state index in [1.807, 2.05) is 20.8 Å². The molecule has 1 fully saturated rings. The molecule has 1 aliphatic heterocycles. The lowest BCUT2D eigenvalue weighted by molar-refractivity contribution is -0.186. The van der Waals surface area contributed by atoms with E-state index in [9.17, 15) is 23.1 Å². The lowest BCUT2D eigenvalue weighted by Gasteiger charge is -2.51. The minimum atomic E-state index is -3.69. The standard InChI is InChI=1S/C28H35Cl2NO6S/c1-27(2,3)22(16-38(35,36)28(4,5)6)31-24(17-10-12-19(29)13-11-17)25(18-8-7-9-20(30)14-18)37-21(26(31)34)15-23(32)33/h7-14,21-22,24-25H,15-16H2,1-6H3,(H,32,33)/t21-,22-,24-,25-/m1/s1. The predicted molar refractivity (Wildman–Crippen MR) is 149 cm³/mol. The Bertz CT molecular complexity index is 1280. The van der Waals surface area contributed by atoms with E-state index in [1.165, 1.54) is 4.90 Å². The van der Waals surface area contributed by atoms with Gasteiger partial charge < -0.3 is 14.7 Å². The summed E-state index contributed by atoms with van der Waals surface area (Å²) in [6, 6.07) is 12.3. The maximum absolute atomic E-state index is 14.1. The fourth-order valence-electron chi connectivity index (χ4n) is 4.55. The van der Waals surface area contributed by atoms with E-state index in [0.29, 0.717) is 21.2 Å². The molecule has 0 aliphatic carbocycles. The van der Waals surface area contributed by atoms with Crippen molar-refractivity contribution in [1.29, 1.82) is 0 Å². The molecule has 1 aliphatic rings. The number of aliphatic carboxylic acids is 1. The number of benzene rings is 2. The van der Waals surface area contributed by atoms with Gasteiger partial charge in [-0.2, -0.15) is 0 Å². The average Bonchev–Trinajstić information content (AvgIpc) is 2.78. The van der Waals surface area contributed by atoms with Gasteiger partial charge in [0.2, 0.25) is 0 Å². The zero-order valence-electron chi connectivity index (χ0n) is 22.4. The molecular weight excluding hydrogens is 549 g/mol. The SMILES string of the molecule is CC(C)(C)[C@@H](CS(=O)(=O)C(C)(C)C)N1C(=O)[C@@H](CC(=O)O)O[C@H](c2cccc(Cl)c2)[C@H]1c1ccc(Cl)cc1. The molecular formula is C28H35Cl2NO6S. The zero-order valence-corrected chi connectivity index (χ0v) is 24.8. The van der Waals surface area contributed by atoms with Crippen LogP contribution < -0.4 is 0 Å². The Morgan fingerprint density at radius 3 is 2.11 bits per heavy atom. The molecule has 0 unspecified atom stereocenters. The molecule has 10 heteroatoms. The summed E-state index contributed by atoms with van der Waals surface area (Å²) >= 11 is 12.5. The lowest BCUT2D eigenvalue weighted by Crippen LogP contribution is -2.60. The molecule has 0 radical (unpaired) electrons. The van der Waals surface area contributed by atoms with Crippen molar-refractivity contribution in [3.63, 3.8) is 0 Å². The maximum atomic E-state index is 14.1. The second-order valence-electron chi connectivity index (χ2n) is 11.7. The van der Waals surface area contributed by atoms with E-state index in [0.717, 1.165) is 0 Å². The third kappa shape index (κ3) is 6.71. The Balaban J connectivity index is 2.30. The van der Waals surface area contributed by atoms with Crippen molar-refractivity contribution in [3.05, 3.63) is 69.7 Å². The molecule has 0 spiro atoms. The summed E-state index contributed by atoms with van der Waals surface area (Å²) in [7, 11) is -3.69. The van der Waals surface area contributed by atoms with Crippen LogP contribution in [0.4, 0.5) is 0 Å². The largest absolute Gasteiger partial charge is 0.481 e. The number of carbonyl (C=O) groups excluding carboxylic acids is 1. The first-order valence-corrected chi connectivity index (χ1v) is 14.8. The van der Waals surface area contributed by atoms with Crippen LogP contribution in [0.3, 0.4) is 0 Å². The fraction of sp³-hybridized carbons (Fsp3) is 0.500. The van der Waals surface area contributed by atoms with E-state index in [2.05, 4.69) is 0 Å². The van der Waals surface area contributed by atoms with Crippen molar-refractivity contribution in [3.8, 4) is 0 Å². The summed E-state index contributed by atoms with van der Waals surface area (Å²) in [6.07, 6.45) is -2.70. The van der Waals surface area contributed by atoms with Crippen molar-refractivity contribution in [2.24, 2.45) is 5.41 Å². The zero-order chi connectivity index (χ0) is 28.6. The molecule has 3 rings (SSSR count). The number of carbonyl (C=O) groups is 2. The van der Waals surface area contributed by atoms with Gasteiger partial charge in [-0.05, 0) is 61.6 Å². The van der Waals surface area contributed by atoms with Gasteiger partial charge in [0.1, 0.15) is 12.2 Å². The topological polar surface area (TPSA) is 101 Å². The first-order chi connectivity index (χ1) is 17.4. The van der Waals surface area contributed by atoms with Gasteiger partial charge in [0.05, 0.1) is 29.0 Å². The number of halogens is 2. The number of carboxylic acids is 1. The number of nitrogens with zero attached hydrogens (tertiary/aromatic N) is 1. The van der Waals surface area contributed by atoms with Crippen LogP contribution in [0.2, 0.25) is 10.0 Å². The van der Waals surface area contributed by atoms with Crippen molar-refractivity contribution >= 4 is 44.9 Å². The highest BCUT2D eigenvalue weighted by Crippen LogP contribution is 2.47. The number of morpholine rings is 1. The summed E-state index contributed by atoms with van der Waals surface area (Å²) in [6.45, 7) is 10.5.